The second-order valence-corrected chi connectivity index (χ2v) is 10.9. The van der Waals surface area contributed by atoms with Gasteiger partial charge < -0.3 is 15.0 Å². The Morgan fingerprint density at radius 3 is 2.32 bits per heavy atom. The topological polar surface area (TPSA) is 96.0 Å². The molecule has 9 heteroatoms. The average Bonchev–Trinajstić information content (AvgIpc) is 2.89. The Morgan fingerprint density at radius 1 is 1.00 bits per heavy atom. The van der Waals surface area contributed by atoms with Gasteiger partial charge in [0.2, 0.25) is 21.8 Å². The van der Waals surface area contributed by atoms with Crippen molar-refractivity contribution in [3.05, 3.63) is 72.3 Å². The number of methoxy groups -OCH3 is 1. The molecule has 0 heterocycles. The molecule has 3 rings (SSSR count). The van der Waals surface area contributed by atoms with Crippen molar-refractivity contribution in [2.75, 3.05) is 30.8 Å². The maximum absolute atomic E-state index is 13.7. The van der Waals surface area contributed by atoms with Crippen molar-refractivity contribution in [2.45, 2.75) is 39.3 Å². The third-order valence-electron chi connectivity index (χ3n) is 6.22. The van der Waals surface area contributed by atoms with Gasteiger partial charge in [-0.25, -0.2) is 8.42 Å². The molecule has 0 saturated carbocycles. The Bertz CT molecular complexity index is 1320. The highest BCUT2D eigenvalue weighted by atomic mass is 32.2. The first-order valence-corrected chi connectivity index (χ1v) is 14.2. The second-order valence-electron chi connectivity index (χ2n) is 8.96. The largest absolute Gasteiger partial charge is 0.497 e. The number of fused-ring (bicyclic) bond motifs is 1. The van der Waals surface area contributed by atoms with Crippen LogP contribution in [0.2, 0.25) is 0 Å². The Balaban J connectivity index is 1.95. The van der Waals surface area contributed by atoms with Crippen molar-refractivity contribution < 1.29 is 22.7 Å². The van der Waals surface area contributed by atoms with Crippen LogP contribution in [0.3, 0.4) is 0 Å². The fourth-order valence-corrected chi connectivity index (χ4v) is 4.93. The van der Waals surface area contributed by atoms with Crippen molar-refractivity contribution in [1.82, 2.24) is 10.2 Å². The molecular weight excluding hydrogens is 490 g/mol. The number of nitrogens with one attached hydrogen (secondary N) is 1. The van der Waals surface area contributed by atoms with E-state index < -0.39 is 28.5 Å². The van der Waals surface area contributed by atoms with E-state index in [4.69, 9.17) is 4.74 Å². The molecule has 0 bridgehead atoms. The van der Waals surface area contributed by atoms with Crippen LogP contribution in [0.15, 0.2) is 66.7 Å². The average molecular weight is 526 g/mol. The van der Waals surface area contributed by atoms with Crippen LogP contribution < -0.4 is 14.4 Å². The van der Waals surface area contributed by atoms with E-state index in [0.717, 1.165) is 39.7 Å². The third-order valence-corrected chi connectivity index (χ3v) is 7.35. The summed E-state index contributed by atoms with van der Waals surface area (Å²) in [6, 6.07) is 19.1. The Morgan fingerprint density at radius 2 is 1.68 bits per heavy atom. The minimum Gasteiger partial charge on any atom is -0.497 e. The number of hydrogen-bond acceptors (Lipinski definition) is 5. The van der Waals surface area contributed by atoms with Gasteiger partial charge in [-0.15, -0.1) is 0 Å². The fraction of sp³-hybridized carbons (Fsp3) is 0.357. The van der Waals surface area contributed by atoms with Crippen molar-refractivity contribution in [1.29, 1.82) is 0 Å². The molecule has 1 atom stereocenters. The minimum atomic E-state index is -3.81. The van der Waals surface area contributed by atoms with Gasteiger partial charge in [0.05, 0.1) is 19.1 Å². The summed E-state index contributed by atoms with van der Waals surface area (Å²) in [6.45, 7) is 3.90. The minimum absolute atomic E-state index is 0.137. The molecule has 3 aromatic carbocycles. The standard InChI is InChI=1S/C28H35N3O5S/c1-5-6-18-29-28(33)21(2)30(19-22-14-16-24(36-3)17-15-22)27(32)20-31(37(4,34)35)26-13-9-11-23-10-7-8-12-25(23)26/h7-17,21H,5-6,18-20H2,1-4H3,(H,29,33). The first kappa shape index (κ1) is 28.0. The molecule has 0 fully saturated rings. The predicted molar refractivity (Wildman–Crippen MR) is 147 cm³/mol. The molecule has 8 nitrogen and oxygen atoms in total. The second kappa shape index (κ2) is 12.6. The van der Waals surface area contributed by atoms with Crippen LogP contribution in [0, 0.1) is 0 Å². The van der Waals surface area contributed by atoms with E-state index in [0.29, 0.717) is 18.0 Å². The van der Waals surface area contributed by atoms with Gasteiger partial charge in [0.25, 0.3) is 0 Å². The zero-order chi connectivity index (χ0) is 27.0. The Labute approximate surface area is 219 Å². The summed E-state index contributed by atoms with van der Waals surface area (Å²) in [4.78, 5) is 28.1. The molecule has 0 aliphatic rings. The Kier molecular flexibility index (Phi) is 9.52. The summed E-state index contributed by atoms with van der Waals surface area (Å²) < 4.78 is 32.1. The number of carbonyl (C=O) groups excluding carboxylic acids is 2. The molecular formula is C28H35N3O5S. The van der Waals surface area contributed by atoms with Crippen LogP contribution in [0.4, 0.5) is 5.69 Å². The van der Waals surface area contributed by atoms with E-state index in [2.05, 4.69) is 5.32 Å². The molecule has 2 amide bonds. The molecule has 0 spiro atoms. The lowest BCUT2D eigenvalue weighted by Gasteiger charge is -2.32. The molecule has 1 unspecified atom stereocenters. The first-order valence-electron chi connectivity index (χ1n) is 12.3. The van der Waals surface area contributed by atoms with Crippen LogP contribution >= 0.6 is 0 Å². The summed E-state index contributed by atoms with van der Waals surface area (Å²) in [6.07, 6.45) is 2.84. The fourth-order valence-electron chi connectivity index (χ4n) is 4.07. The van der Waals surface area contributed by atoms with Crippen molar-refractivity contribution in [2.24, 2.45) is 0 Å². The molecule has 0 aliphatic carbocycles. The van der Waals surface area contributed by atoms with Crippen LogP contribution in [0.5, 0.6) is 5.75 Å². The van der Waals surface area contributed by atoms with Crippen LogP contribution in [-0.4, -0.2) is 57.6 Å². The zero-order valence-corrected chi connectivity index (χ0v) is 22.6. The van der Waals surface area contributed by atoms with Gasteiger partial charge in [-0.05, 0) is 42.5 Å². The van der Waals surface area contributed by atoms with E-state index in [-0.39, 0.29) is 12.5 Å². The lowest BCUT2D eigenvalue weighted by atomic mass is 10.1. The van der Waals surface area contributed by atoms with Gasteiger partial charge in [0.1, 0.15) is 18.3 Å². The number of hydrogen-bond donors (Lipinski definition) is 1. The number of anilines is 1. The molecule has 0 radical (unpaired) electrons. The normalized spacial score (nSPS) is 12.1. The van der Waals surface area contributed by atoms with E-state index in [1.807, 2.05) is 49.4 Å². The molecule has 1 N–H and O–H groups in total. The van der Waals surface area contributed by atoms with Crippen LogP contribution in [0.25, 0.3) is 10.8 Å². The number of amides is 2. The third kappa shape index (κ3) is 7.22. The number of unbranched alkanes of at least 4 members (excludes halogenated alkanes) is 1. The SMILES string of the molecule is CCCCNC(=O)C(C)N(Cc1ccc(OC)cc1)C(=O)CN(c1cccc2ccccc12)S(C)(=O)=O. The number of benzene rings is 3. The summed E-state index contributed by atoms with van der Waals surface area (Å²) in [7, 11) is -2.24. The molecule has 0 aromatic heterocycles. The van der Waals surface area contributed by atoms with Gasteiger partial charge >= 0.3 is 0 Å². The summed E-state index contributed by atoms with van der Waals surface area (Å²) in [5.41, 5.74) is 1.21. The summed E-state index contributed by atoms with van der Waals surface area (Å²) in [5.74, 6) is -0.0927. The lowest BCUT2D eigenvalue weighted by Crippen LogP contribution is -2.51. The van der Waals surface area contributed by atoms with Gasteiger partial charge in [-0.1, -0.05) is 61.9 Å². The van der Waals surface area contributed by atoms with E-state index in [1.54, 1.807) is 38.3 Å². The van der Waals surface area contributed by atoms with E-state index >= 15 is 0 Å². The van der Waals surface area contributed by atoms with Crippen molar-refractivity contribution in [3.8, 4) is 5.75 Å². The maximum atomic E-state index is 13.7. The van der Waals surface area contributed by atoms with Gasteiger partial charge in [0, 0.05) is 18.5 Å². The molecule has 198 valence electrons. The van der Waals surface area contributed by atoms with Crippen molar-refractivity contribution in [3.63, 3.8) is 0 Å². The quantitative estimate of drug-likeness (QED) is 0.361. The number of rotatable bonds is 12. The van der Waals surface area contributed by atoms with E-state index in [9.17, 15) is 18.0 Å². The van der Waals surface area contributed by atoms with Crippen LogP contribution in [0.1, 0.15) is 32.3 Å². The number of carbonyl (C=O) groups is 2. The van der Waals surface area contributed by atoms with Gasteiger partial charge in [-0.3, -0.25) is 13.9 Å². The maximum Gasteiger partial charge on any atom is 0.244 e. The highest BCUT2D eigenvalue weighted by molar-refractivity contribution is 7.92. The molecule has 3 aromatic rings. The Hall–Kier alpha value is -3.59. The smallest absolute Gasteiger partial charge is 0.244 e. The van der Waals surface area contributed by atoms with Gasteiger partial charge in [0.15, 0.2) is 0 Å². The number of ether oxygens (including phenoxy) is 1. The monoisotopic (exact) mass is 525 g/mol. The zero-order valence-electron chi connectivity index (χ0n) is 21.8. The highest BCUT2D eigenvalue weighted by Crippen LogP contribution is 2.28. The molecule has 0 saturated heterocycles. The predicted octanol–water partition coefficient (Wildman–Crippen LogP) is 3.95. The number of nitrogens with zero attached hydrogens (tertiary/aromatic N) is 2. The molecule has 37 heavy (non-hydrogen) atoms. The highest BCUT2D eigenvalue weighted by Gasteiger charge is 2.30. The summed E-state index contributed by atoms with van der Waals surface area (Å²) >= 11 is 0. The van der Waals surface area contributed by atoms with E-state index in [1.165, 1.54) is 4.90 Å². The first-order chi connectivity index (χ1) is 17.7. The van der Waals surface area contributed by atoms with Crippen molar-refractivity contribution >= 4 is 38.3 Å². The molecule has 0 aliphatic heterocycles. The lowest BCUT2D eigenvalue weighted by molar-refractivity contribution is -0.139. The van der Waals surface area contributed by atoms with Gasteiger partial charge in [-0.2, -0.15) is 0 Å². The summed E-state index contributed by atoms with van der Waals surface area (Å²) in [5, 5.41) is 4.46. The number of sulfonamides is 1. The van der Waals surface area contributed by atoms with Crippen LogP contribution in [-0.2, 0) is 26.2 Å².